The molecular weight excluding hydrogens is 208 g/mol. The van der Waals surface area contributed by atoms with Crippen LogP contribution in [0.3, 0.4) is 0 Å². The summed E-state index contributed by atoms with van der Waals surface area (Å²) < 4.78 is 0. The maximum Gasteiger partial charge on any atom is 0.100 e. The normalized spacial score (nSPS) is 10.2. The lowest BCUT2D eigenvalue weighted by molar-refractivity contribution is 0.0450. The quantitative estimate of drug-likeness (QED) is 0.302. The van der Waals surface area contributed by atoms with Gasteiger partial charge in [-0.15, -0.1) is 0 Å². The summed E-state index contributed by atoms with van der Waals surface area (Å²) in [6.45, 7) is 2.59. The molecule has 7 heteroatoms. The van der Waals surface area contributed by atoms with Crippen LogP contribution < -0.4 is 0 Å². The van der Waals surface area contributed by atoms with Gasteiger partial charge in [0.25, 0.3) is 0 Å². The van der Waals surface area contributed by atoms with Crippen molar-refractivity contribution in [3.8, 4) is 0 Å². The van der Waals surface area contributed by atoms with Crippen molar-refractivity contribution < 1.29 is 36.1 Å². The summed E-state index contributed by atoms with van der Waals surface area (Å²) >= 11 is 0. The third-order valence-electron chi connectivity index (χ3n) is 0.686. The fourth-order valence-corrected chi connectivity index (χ4v) is 0.0577. The third-order valence-corrected chi connectivity index (χ3v) is 0.686. The molecular formula is C8H24O7. The minimum Gasteiger partial charge on any atom is -0.412 e. The molecule has 0 aliphatic carbocycles. The summed E-state index contributed by atoms with van der Waals surface area (Å²) in [5.74, 6) is 0. The first-order chi connectivity index (χ1) is 6.49. The summed E-state index contributed by atoms with van der Waals surface area (Å²) in [4.78, 5) is 0. The lowest BCUT2D eigenvalue weighted by Gasteiger charge is -1.96. The monoisotopic (exact) mass is 232 g/mol. The van der Waals surface area contributed by atoms with Crippen LogP contribution >= 0.6 is 0 Å². The Balaban J connectivity index is -0.0000000617. The molecule has 1 atom stereocenters. The van der Waals surface area contributed by atoms with Crippen LogP contribution in [0.25, 0.3) is 0 Å². The van der Waals surface area contributed by atoms with Gasteiger partial charge in [0.2, 0.25) is 0 Å². The molecule has 8 N–H and O–H groups in total. The van der Waals surface area contributed by atoms with Gasteiger partial charge in [0.1, 0.15) is 6.10 Å². The molecule has 0 amide bonds. The molecule has 7 nitrogen and oxygen atoms in total. The van der Waals surface area contributed by atoms with E-state index in [4.69, 9.17) is 30.6 Å². The molecule has 0 aromatic carbocycles. The Hall–Kier alpha value is -0.280. The molecule has 0 aromatic heterocycles. The zero-order valence-electron chi connectivity index (χ0n) is 9.17. The Bertz CT molecular complexity index is 75.4. The number of rotatable bonds is 3. The summed E-state index contributed by atoms with van der Waals surface area (Å²) in [7, 11) is 0. The van der Waals surface area contributed by atoms with Crippen molar-refractivity contribution in [3.63, 3.8) is 0 Å². The predicted octanol–water partition coefficient (Wildman–Crippen LogP) is -3.13. The smallest absolute Gasteiger partial charge is 0.100 e. The molecule has 0 rings (SSSR count). The van der Waals surface area contributed by atoms with Gasteiger partial charge in [-0.3, -0.25) is 0 Å². The highest BCUT2D eigenvalue weighted by Crippen LogP contribution is 1.71. The highest BCUT2D eigenvalue weighted by atomic mass is 16.3. The topological polar surface area (TPSA) is 153 Å². The van der Waals surface area contributed by atoms with Crippen LogP contribution in [0.15, 0.2) is 0 Å². The molecule has 0 aliphatic heterocycles. The number of hydrogen-bond donors (Lipinski definition) is 6. The second kappa shape index (κ2) is 23.5. The van der Waals surface area contributed by atoms with Gasteiger partial charge in [-0.25, -0.2) is 0 Å². The van der Waals surface area contributed by atoms with Gasteiger partial charge in [0.05, 0.1) is 25.9 Å². The van der Waals surface area contributed by atoms with Crippen LogP contribution in [-0.4, -0.2) is 74.8 Å². The second-order valence-corrected chi connectivity index (χ2v) is 2.37. The third kappa shape index (κ3) is 57.6. The Morgan fingerprint density at radius 2 is 1.07 bits per heavy atom. The van der Waals surface area contributed by atoms with E-state index in [1.54, 1.807) is 6.92 Å². The van der Waals surface area contributed by atoms with E-state index in [9.17, 15) is 0 Å². The molecule has 98 valence electrons. The van der Waals surface area contributed by atoms with Crippen LogP contribution in [0.2, 0.25) is 0 Å². The van der Waals surface area contributed by atoms with Gasteiger partial charge in [0, 0.05) is 6.61 Å². The van der Waals surface area contributed by atoms with Crippen LogP contribution in [0, 0.1) is 0 Å². The molecule has 0 bridgehead atoms. The SMILES string of the molecule is CC(O)CO.CCO.O.OCC(O)CO. The number of aliphatic hydroxyl groups is 6. The first-order valence-electron chi connectivity index (χ1n) is 4.29. The Kier molecular flexibility index (Phi) is 37.8. The van der Waals surface area contributed by atoms with Gasteiger partial charge in [-0.05, 0) is 13.8 Å². The number of hydrogen-bond acceptors (Lipinski definition) is 6. The Morgan fingerprint density at radius 1 is 0.867 bits per heavy atom. The van der Waals surface area contributed by atoms with Gasteiger partial charge < -0.3 is 36.1 Å². The van der Waals surface area contributed by atoms with Crippen molar-refractivity contribution in [1.29, 1.82) is 0 Å². The van der Waals surface area contributed by atoms with E-state index >= 15 is 0 Å². The molecule has 0 saturated heterocycles. The fourth-order valence-electron chi connectivity index (χ4n) is 0.0577. The molecule has 1 unspecified atom stereocenters. The highest BCUT2D eigenvalue weighted by molar-refractivity contribution is 4.44. The van der Waals surface area contributed by atoms with Gasteiger partial charge in [0.15, 0.2) is 0 Å². The first kappa shape index (κ1) is 24.1. The number of aliphatic hydroxyl groups excluding tert-OH is 6. The molecule has 0 aromatic rings. The van der Waals surface area contributed by atoms with Crippen LogP contribution in [0.1, 0.15) is 13.8 Å². The van der Waals surface area contributed by atoms with Crippen molar-refractivity contribution in [2.75, 3.05) is 26.4 Å². The standard InChI is InChI=1S/C3H8O3.C3H8O2.C2H6O.H2O/c4-1-3(6)2-5;1-3(5)2-4;1-2-3;/h3-6H,1-2H2;3-5H,2H2,1H3;3H,2H2,1H3;1H2. The average Bonchev–Trinajstić information content (AvgIpc) is 2.18. The van der Waals surface area contributed by atoms with Crippen LogP contribution in [0.4, 0.5) is 0 Å². The Morgan fingerprint density at radius 3 is 1.07 bits per heavy atom. The largest absolute Gasteiger partial charge is 0.412 e. The first-order valence-corrected chi connectivity index (χ1v) is 4.29. The molecule has 0 fully saturated rings. The molecule has 0 aliphatic rings. The molecule has 0 heterocycles. The molecule has 0 saturated carbocycles. The van der Waals surface area contributed by atoms with E-state index in [0.29, 0.717) is 0 Å². The molecule has 15 heavy (non-hydrogen) atoms. The van der Waals surface area contributed by atoms with E-state index < -0.39 is 12.2 Å². The maximum atomic E-state index is 8.17. The summed E-state index contributed by atoms with van der Waals surface area (Å²) in [5, 5.41) is 47.6. The van der Waals surface area contributed by atoms with E-state index in [1.165, 1.54) is 6.92 Å². The van der Waals surface area contributed by atoms with Crippen LogP contribution in [-0.2, 0) is 0 Å². The van der Waals surface area contributed by atoms with E-state index in [0.717, 1.165) is 0 Å². The molecule has 0 radical (unpaired) electrons. The van der Waals surface area contributed by atoms with Crippen molar-refractivity contribution >= 4 is 0 Å². The van der Waals surface area contributed by atoms with Crippen LogP contribution in [0.5, 0.6) is 0 Å². The van der Waals surface area contributed by atoms with Crippen molar-refractivity contribution in [2.45, 2.75) is 26.1 Å². The summed E-state index contributed by atoms with van der Waals surface area (Å²) in [5.41, 5.74) is 0. The maximum absolute atomic E-state index is 8.17. The van der Waals surface area contributed by atoms with E-state index in [1.807, 2.05) is 0 Å². The lowest BCUT2D eigenvalue weighted by Crippen LogP contribution is -2.15. The zero-order chi connectivity index (χ0) is 12.0. The van der Waals surface area contributed by atoms with Crippen molar-refractivity contribution in [3.05, 3.63) is 0 Å². The molecule has 0 spiro atoms. The highest BCUT2D eigenvalue weighted by Gasteiger charge is 1.93. The van der Waals surface area contributed by atoms with Crippen molar-refractivity contribution in [1.82, 2.24) is 0 Å². The summed E-state index contributed by atoms with van der Waals surface area (Å²) in [6, 6.07) is 0. The lowest BCUT2D eigenvalue weighted by atomic mass is 10.4. The van der Waals surface area contributed by atoms with Gasteiger partial charge in [-0.1, -0.05) is 0 Å². The van der Waals surface area contributed by atoms with E-state index in [-0.39, 0.29) is 31.9 Å². The van der Waals surface area contributed by atoms with Gasteiger partial charge in [-0.2, -0.15) is 0 Å². The van der Waals surface area contributed by atoms with E-state index in [2.05, 4.69) is 0 Å². The van der Waals surface area contributed by atoms with Crippen molar-refractivity contribution in [2.24, 2.45) is 0 Å². The minimum atomic E-state index is -0.954. The second-order valence-electron chi connectivity index (χ2n) is 2.37. The average molecular weight is 232 g/mol. The predicted molar refractivity (Wildman–Crippen MR) is 55.3 cm³/mol. The zero-order valence-corrected chi connectivity index (χ0v) is 9.17. The summed E-state index contributed by atoms with van der Waals surface area (Å²) in [6.07, 6.45) is -1.51. The Labute approximate surface area is 89.6 Å². The van der Waals surface area contributed by atoms with Gasteiger partial charge >= 0.3 is 0 Å². The fraction of sp³-hybridized carbons (Fsp3) is 1.00. The minimum absolute atomic E-state index is 0.